The van der Waals surface area contributed by atoms with Crippen molar-refractivity contribution in [2.45, 2.75) is 6.54 Å². The minimum Gasteiger partial charge on any atom is -0.497 e. The van der Waals surface area contributed by atoms with Gasteiger partial charge in [0.25, 0.3) is 6.01 Å². The van der Waals surface area contributed by atoms with E-state index in [1.54, 1.807) is 14.2 Å². The third kappa shape index (κ3) is 3.01. The number of aromatic nitrogens is 1. The first-order valence-corrected chi connectivity index (χ1v) is 7.50. The number of methoxy groups -OCH3 is 2. The Morgan fingerprint density at radius 3 is 2.77 bits per heavy atom. The first-order valence-electron chi connectivity index (χ1n) is 6.70. The van der Waals surface area contributed by atoms with Gasteiger partial charge in [0.2, 0.25) is 0 Å². The molecule has 2 aromatic carbocycles. The van der Waals surface area contributed by atoms with E-state index in [0.29, 0.717) is 12.6 Å². The maximum atomic E-state index is 5.67. The number of anilines is 1. The first-order chi connectivity index (χ1) is 10.7. The average molecular weight is 363 g/mol. The summed E-state index contributed by atoms with van der Waals surface area (Å²) < 4.78 is 17.2. The fourth-order valence-corrected chi connectivity index (χ4v) is 2.48. The van der Waals surface area contributed by atoms with E-state index in [9.17, 15) is 0 Å². The lowest BCUT2D eigenvalue weighted by Crippen LogP contribution is -2.02. The summed E-state index contributed by atoms with van der Waals surface area (Å²) in [5, 5.41) is 3.17. The van der Waals surface area contributed by atoms with Crippen molar-refractivity contribution in [1.82, 2.24) is 4.98 Å². The molecule has 0 aliphatic rings. The predicted molar refractivity (Wildman–Crippen MR) is 88.6 cm³/mol. The van der Waals surface area contributed by atoms with Crippen LogP contribution in [0.1, 0.15) is 5.56 Å². The second kappa shape index (κ2) is 6.27. The van der Waals surface area contributed by atoms with Crippen LogP contribution in [0.3, 0.4) is 0 Å². The van der Waals surface area contributed by atoms with Gasteiger partial charge in [-0.05, 0) is 30.3 Å². The van der Waals surface area contributed by atoms with E-state index in [4.69, 9.17) is 13.9 Å². The highest BCUT2D eigenvalue weighted by Gasteiger charge is 2.08. The molecular formula is C16H15BrN2O3. The summed E-state index contributed by atoms with van der Waals surface area (Å²) in [6, 6.07) is 11.9. The lowest BCUT2D eigenvalue weighted by atomic mass is 10.2. The summed E-state index contributed by atoms with van der Waals surface area (Å²) in [7, 11) is 3.26. The monoisotopic (exact) mass is 362 g/mol. The fraction of sp³-hybridized carbons (Fsp3) is 0.188. The summed E-state index contributed by atoms with van der Waals surface area (Å²) >= 11 is 3.41. The van der Waals surface area contributed by atoms with Gasteiger partial charge in [-0.2, -0.15) is 4.98 Å². The lowest BCUT2D eigenvalue weighted by molar-refractivity contribution is 0.391. The van der Waals surface area contributed by atoms with E-state index >= 15 is 0 Å². The number of halogens is 1. The molecule has 5 nitrogen and oxygen atoms in total. The molecule has 114 valence electrons. The molecule has 6 heteroatoms. The van der Waals surface area contributed by atoms with Gasteiger partial charge >= 0.3 is 0 Å². The van der Waals surface area contributed by atoms with Crippen LogP contribution in [0.25, 0.3) is 11.1 Å². The van der Waals surface area contributed by atoms with Gasteiger partial charge in [-0.3, -0.25) is 0 Å². The van der Waals surface area contributed by atoms with Crippen LogP contribution in [0.5, 0.6) is 11.5 Å². The standard InChI is InChI=1S/C16H15BrN2O3/c1-20-12-5-3-10(14(8-12)21-2)9-18-16-19-13-6-4-11(17)7-15(13)22-16/h3-8H,9H2,1-2H3,(H,18,19). The number of benzene rings is 2. The van der Waals surface area contributed by atoms with Crippen LogP contribution in [-0.2, 0) is 6.54 Å². The topological polar surface area (TPSA) is 56.5 Å². The number of oxazole rings is 1. The minimum absolute atomic E-state index is 0.478. The zero-order chi connectivity index (χ0) is 15.5. The summed E-state index contributed by atoms with van der Waals surface area (Å²) in [4.78, 5) is 4.39. The highest BCUT2D eigenvalue weighted by Crippen LogP contribution is 2.26. The highest BCUT2D eigenvalue weighted by atomic mass is 79.9. The number of ether oxygens (including phenoxy) is 2. The summed E-state index contributed by atoms with van der Waals surface area (Å²) in [5.41, 5.74) is 2.54. The quantitative estimate of drug-likeness (QED) is 0.736. The molecule has 0 saturated heterocycles. The maximum absolute atomic E-state index is 5.67. The SMILES string of the molecule is COc1ccc(CNc2nc3ccc(Br)cc3o2)c(OC)c1. The van der Waals surface area contributed by atoms with Crippen LogP contribution in [-0.4, -0.2) is 19.2 Å². The molecular weight excluding hydrogens is 348 g/mol. The van der Waals surface area contributed by atoms with E-state index in [-0.39, 0.29) is 0 Å². The number of nitrogens with zero attached hydrogens (tertiary/aromatic N) is 1. The predicted octanol–water partition coefficient (Wildman–Crippen LogP) is 4.22. The van der Waals surface area contributed by atoms with Gasteiger partial charge in [0, 0.05) is 22.6 Å². The Kier molecular flexibility index (Phi) is 4.20. The van der Waals surface area contributed by atoms with E-state index < -0.39 is 0 Å². The molecule has 0 amide bonds. The average Bonchev–Trinajstić information content (AvgIpc) is 2.94. The zero-order valence-electron chi connectivity index (χ0n) is 12.2. The third-order valence-electron chi connectivity index (χ3n) is 3.27. The van der Waals surface area contributed by atoms with Gasteiger partial charge in [0.15, 0.2) is 5.58 Å². The molecule has 0 saturated carbocycles. The Balaban J connectivity index is 1.78. The van der Waals surface area contributed by atoms with Crippen molar-refractivity contribution in [1.29, 1.82) is 0 Å². The van der Waals surface area contributed by atoms with Crippen LogP contribution in [0.4, 0.5) is 6.01 Å². The highest BCUT2D eigenvalue weighted by molar-refractivity contribution is 9.10. The Morgan fingerprint density at radius 1 is 1.14 bits per heavy atom. The van der Waals surface area contributed by atoms with Crippen molar-refractivity contribution in [3.05, 3.63) is 46.4 Å². The molecule has 3 aromatic rings. The third-order valence-corrected chi connectivity index (χ3v) is 3.77. The van der Waals surface area contributed by atoms with Crippen LogP contribution < -0.4 is 14.8 Å². The molecule has 0 atom stereocenters. The van der Waals surface area contributed by atoms with Crippen molar-refractivity contribution in [3.8, 4) is 11.5 Å². The van der Waals surface area contributed by atoms with Gasteiger partial charge in [-0.25, -0.2) is 0 Å². The molecule has 3 rings (SSSR count). The number of rotatable bonds is 5. The molecule has 1 aromatic heterocycles. The van der Waals surface area contributed by atoms with Gasteiger partial charge in [-0.1, -0.05) is 15.9 Å². The van der Waals surface area contributed by atoms with Crippen LogP contribution in [0.15, 0.2) is 45.3 Å². The summed E-state index contributed by atoms with van der Waals surface area (Å²) in [5.74, 6) is 1.51. The normalized spacial score (nSPS) is 10.7. The maximum Gasteiger partial charge on any atom is 0.295 e. The number of hydrogen-bond donors (Lipinski definition) is 1. The summed E-state index contributed by atoms with van der Waals surface area (Å²) in [6.07, 6.45) is 0. The Bertz CT molecular complexity index is 801. The summed E-state index contributed by atoms with van der Waals surface area (Å²) in [6.45, 7) is 0.543. The number of fused-ring (bicyclic) bond motifs is 1. The van der Waals surface area contributed by atoms with Crippen LogP contribution >= 0.6 is 15.9 Å². The van der Waals surface area contributed by atoms with Gasteiger partial charge in [-0.15, -0.1) is 0 Å². The molecule has 1 heterocycles. The second-order valence-electron chi connectivity index (χ2n) is 4.66. The second-order valence-corrected chi connectivity index (χ2v) is 5.58. The van der Waals surface area contributed by atoms with Crippen molar-refractivity contribution in [2.24, 2.45) is 0 Å². The fourth-order valence-electron chi connectivity index (χ4n) is 2.14. The molecule has 0 bridgehead atoms. The number of hydrogen-bond acceptors (Lipinski definition) is 5. The Hall–Kier alpha value is -2.21. The Morgan fingerprint density at radius 2 is 2.00 bits per heavy atom. The van der Waals surface area contributed by atoms with Crippen LogP contribution in [0, 0.1) is 0 Å². The van der Waals surface area contributed by atoms with Crippen molar-refractivity contribution >= 4 is 33.0 Å². The molecule has 0 unspecified atom stereocenters. The van der Waals surface area contributed by atoms with Crippen molar-refractivity contribution in [2.75, 3.05) is 19.5 Å². The van der Waals surface area contributed by atoms with E-state index in [0.717, 1.165) is 32.6 Å². The molecule has 0 radical (unpaired) electrons. The van der Waals surface area contributed by atoms with Crippen LogP contribution in [0.2, 0.25) is 0 Å². The molecule has 0 aliphatic heterocycles. The van der Waals surface area contributed by atoms with Gasteiger partial charge in [0.05, 0.1) is 14.2 Å². The van der Waals surface area contributed by atoms with Gasteiger partial charge in [0.1, 0.15) is 17.0 Å². The van der Waals surface area contributed by atoms with Crippen molar-refractivity contribution < 1.29 is 13.9 Å². The molecule has 0 spiro atoms. The Labute approximate surface area is 136 Å². The lowest BCUT2D eigenvalue weighted by Gasteiger charge is -2.10. The largest absolute Gasteiger partial charge is 0.497 e. The zero-order valence-corrected chi connectivity index (χ0v) is 13.8. The minimum atomic E-state index is 0.478. The van der Waals surface area contributed by atoms with E-state index in [1.165, 1.54) is 0 Å². The molecule has 0 fully saturated rings. The number of nitrogens with one attached hydrogen (secondary N) is 1. The molecule has 1 N–H and O–H groups in total. The van der Waals surface area contributed by atoms with Crippen molar-refractivity contribution in [3.63, 3.8) is 0 Å². The van der Waals surface area contributed by atoms with Gasteiger partial charge < -0.3 is 19.2 Å². The van der Waals surface area contributed by atoms with E-state index in [1.807, 2.05) is 36.4 Å². The smallest absolute Gasteiger partial charge is 0.295 e. The van der Waals surface area contributed by atoms with E-state index in [2.05, 4.69) is 26.2 Å². The molecule has 22 heavy (non-hydrogen) atoms. The molecule has 0 aliphatic carbocycles. The first kappa shape index (κ1) is 14.7.